The van der Waals surface area contributed by atoms with Crippen molar-refractivity contribution in [1.82, 2.24) is 14.9 Å². The number of likely N-dealkylation sites (tertiary alicyclic amines) is 1. The topological polar surface area (TPSA) is 66.1 Å². The van der Waals surface area contributed by atoms with Crippen LogP contribution in [0.4, 0.5) is 0 Å². The summed E-state index contributed by atoms with van der Waals surface area (Å²) in [6, 6.07) is 3.40. The maximum absolute atomic E-state index is 12.7. The summed E-state index contributed by atoms with van der Waals surface area (Å²) in [6.07, 6.45) is 1.98. The molecule has 1 amide bonds. The van der Waals surface area contributed by atoms with Crippen LogP contribution in [0, 0.1) is 6.92 Å². The smallest absolute Gasteiger partial charge is 0.260 e. The van der Waals surface area contributed by atoms with Crippen molar-refractivity contribution in [3.8, 4) is 0 Å². The molecule has 2 aromatic heterocycles. The van der Waals surface area contributed by atoms with Gasteiger partial charge in [-0.1, -0.05) is 13.8 Å². The Morgan fingerprint density at radius 1 is 1.42 bits per heavy atom. The van der Waals surface area contributed by atoms with Crippen LogP contribution in [0.1, 0.15) is 65.3 Å². The molecular formula is C18H23N3O2S. The number of nitrogens with one attached hydrogen (secondary N) is 1. The largest absolute Gasteiger partial charge is 0.338 e. The summed E-state index contributed by atoms with van der Waals surface area (Å²) in [4.78, 5) is 34.0. The molecule has 1 N–H and O–H groups in total. The van der Waals surface area contributed by atoms with Crippen molar-refractivity contribution in [2.24, 2.45) is 0 Å². The summed E-state index contributed by atoms with van der Waals surface area (Å²) in [7, 11) is 0. The number of H-pyrrole nitrogens is 1. The fourth-order valence-electron chi connectivity index (χ4n) is 3.03. The van der Waals surface area contributed by atoms with Crippen LogP contribution in [0.25, 0.3) is 0 Å². The minimum atomic E-state index is -0.307. The third-order valence-corrected chi connectivity index (χ3v) is 5.50. The number of thiazole rings is 1. The van der Waals surface area contributed by atoms with Crippen LogP contribution in [0.15, 0.2) is 22.3 Å². The number of pyridine rings is 1. The lowest BCUT2D eigenvalue weighted by atomic mass is 9.98. The highest BCUT2D eigenvalue weighted by Crippen LogP contribution is 2.31. The molecule has 3 heterocycles. The third kappa shape index (κ3) is 3.43. The van der Waals surface area contributed by atoms with E-state index >= 15 is 0 Å². The van der Waals surface area contributed by atoms with Gasteiger partial charge >= 0.3 is 0 Å². The van der Waals surface area contributed by atoms with Crippen molar-refractivity contribution >= 4 is 17.2 Å². The highest BCUT2D eigenvalue weighted by Gasteiger charge is 2.28. The van der Waals surface area contributed by atoms with E-state index in [2.05, 4.69) is 24.2 Å². The summed E-state index contributed by atoms with van der Waals surface area (Å²) in [5.74, 6) is 0.508. The number of hydrogen-bond donors (Lipinski definition) is 1. The summed E-state index contributed by atoms with van der Waals surface area (Å²) >= 11 is 1.68. The predicted molar refractivity (Wildman–Crippen MR) is 95.9 cm³/mol. The average Bonchev–Trinajstić information content (AvgIpc) is 3.05. The molecule has 1 aliphatic heterocycles. The molecule has 1 fully saturated rings. The zero-order valence-corrected chi connectivity index (χ0v) is 15.2. The first-order valence-electron chi connectivity index (χ1n) is 8.40. The number of carbonyl (C=O) groups excluding carboxylic acids is 1. The van der Waals surface area contributed by atoms with Gasteiger partial charge < -0.3 is 9.88 Å². The molecule has 1 saturated heterocycles. The molecule has 0 radical (unpaired) electrons. The molecular weight excluding hydrogens is 322 g/mol. The first-order chi connectivity index (χ1) is 11.5. The molecule has 5 nitrogen and oxygen atoms in total. The molecule has 1 aliphatic rings. The van der Waals surface area contributed by atoms with Gasteiger partial charge in [-0.05, 0) is 37.8 Å². The summed E-state index contributed by atoms with van der Waals surface area (Å²) < 4.78 is 0. The number of aryl methyl sites for hydroxylation is 1. The van der Waals surface area contributed by atoms with E-state index in [9.17, 15) is 9.59 Å². The lowest BCUT2D eigenvalue weighted by Crippen LogP contribution is -2.41. The Kier molecular flexibility index (Phi) is 4.85. The summed E-state index contributed by atoms with van der Waals surface area (Å²) in [5.41, 5.74) is 1.80. The summed E-state index contributed by atoms with van der Waals surface area (Å²) in [5, 5.41) is 3.22. The van der Waals surface area contributed by atoms with E-state index in [1.807, 2.05) is 0 Å². The maximum atomic E-state index is 12.7. The Morgan fingerprint density at radius 3 is 2.88 bits per heavy atom. The second kappa shape index (κ2) is 6.89. The van der Waals surface area contributed by atoms with Crippen LogP contribution in [0.2, 0.25) is 0 Å². The van der Waals surface area contributed by atoms with Crippen molar-refractivity contribution in [2.75, 3.05) is 13.1 Å². The van der Waals surface area contributed by atoms with Gasteiger partial charge in [0, 0.05) is 30.1 Å². The number of aromatic amines is 1. The van der Waals surface area contributed by atoms with Crippen LogP contribution in [-0.4, -0.2) is 33.9 Å². The van der Waals surface area contributed by atoms with Gasteiger partial charge in [0.15, 0.2) is 0 Å². The van der Waals surface area contributed by atoms with Gasteiger partial charge in [-0.3, -0.25) is 9.59 Å². The van der Waals surface area contributed by atoms with Gasteiger partial charge in [0.2, 0.25) is 0 Å². The average molecular weight is 345 g/mol. The summed E-state index contributed by atoms with van der Waals surface area (Å²) in [6.45, 7) is 7.42. The number of amides is 1. The first kappa shape index (κ1) is 16.9. The van der Waals surface area contributed by atoms with E-state index in [-0.39, 0.29) is 22.9 Å². The highest BCUT2D eigenvalue weighted by molar-refractivity contribution is 7.09. The second-order valence-electron chi connectivity index (χ2n) is 6.74. The molecule has 0 aromatic carbocycles. The number of carbonyl (C=O) groups is 1. The number of rotatable bonds is 3. The Morgan fingerprint density at radius 2 is 2.21 bits per heavy atom. The lowest BCUT2D eigenvalue weighted by molar-refractivity contribution is 0.0705. The van der Waals surface area contributed by atoms with Crippen molar-refractivity contribution in [2.45, 2.75) is 45.4 Å². The standard InChI is InChI=1S/C18H23N3O2S/c1-11(2)15-10-24-17(20-15)13-5-4-8-21(9-13)18(23)14-7-6-12(3)19-16(14)22/h6-7,10-11,13H,4-5,8-9H2,1-3H3,(H,19,22). The van der Waals surface area contributed by atoms with Crippen molar-refractivity contribution in [3.63, 3.8) is 0 Å². The molecule has 128 valence electrons. The van der Waals surface area contributed by atoms with Gasteiger partial charge in [0.1, 0.15) is 5.56 Å². The molecule has 0 spiro atoms. The molecule has 1 atom stereocenters. The van der Waals surface area contributed by atoms with E-state index in [0.29, 0.717) is 19.0 Å². The van der Waals surface area contributed by atoms with Gasteiger partial charge in [-0.15, -0.1) is 11.3 Å². The van der Waals surface area contributed by atoms with E-state index in [1.165, 1.54) is 0 Å². The van der Waals surface area contributed by atoms with Crippen LogP contribution >= 0.6 is 11.3 Å². The minimum Gasteiger partial charge on any atom is -0.338 e. The SMILES string of the molecule is Cc1ccc(C(=O)N2CCCC(c3nc(C(C)C)cs3)C2)c(=O)[nH]1. The van der Waals surface area contributed by atoms with Crippen molar-refractivity contribution in [1.29, 1.82) is 0 Å². The van der Waals surface area contributed by atoms with Gasteiger partial charge in [-0.25, -0.2) is 4.98 Å². The van der Waals surface area contributed by atoms with Crippen LogP contribution in [0.3, 0.4) is 0 Å². The predicted octanol–water partition coefficient (Wildman–Crippen LogP) is 3.28. The normalized spacial score (nSPS) is 18.2. The van der Waals surface area contributed by atoms with Gasteiger partial charge in [0.25, 0.3) is 11.5 Å². The maximum Gasteiger partial charge on any atom is 0.260 e. The Bertz CT molecular complexity index is 794. The zero-order chi connectivity index (χ0) is 17.3. The van der Waals surface area contributed by atoms with E-state index < -0.39 is 0 Å². The molecule has 3 rings (SSSR count). The molecule has 24 heavy (non-hydrogen) atoms. The number of aromatic nitrogens is 2. The quantitative estimate of drug-likeness (QED) is 0.928. The van der Waals surface area contributed by atoms with Gasteiger partial charge in [0.05, 0.1) is 10.7 Å². The number of nitrogens with zero attached hydrogens (tertiary/aromatic N) is 2. The van der Waals surface area contributed by atoms with E-state index in [1.54, 1.807) is 35.3 Å². The fourth-order valence-corrected chi connectivity index (χ4v) is 4.14. The van der Waals surface area contributed by atoms with Crippen molar-refractivity contribution in [3.05, 3.63) is 49.8 Å². The van der Waals surface area contributed by atoms with Crippen LogP contribution in [-0.2, 0) is 0 Å². The zero-order valence-electron chi connectivity index (χ0n) is 14.3. The molecule has 0 aliphatic carbocycles. The number of hydrogen-bond acceptors (Lipinski definition) is 4. The molecule has 6 heteroatoms. The molecule has 2 aromatic rings. The van der Waals surface area contributed by atoms with Gasteiger partial charge in [-0.2, -0.15) is 0 Å². The number of piperidine rings is 1. The van der Waals surface area contributed by atoms with Crippen LogP contribution < -0.4 is 5.56 Å². The Balaban J connectivity index is 1.77. The van der Waals surface area contributed by atoms with Crippen molar-refractivity contribution < 1.29 is 4.79 Å². The first-order valence-corrected chi connectivity index (χ1v) is 9.28. The molecule has 1 unspecified atom stereocenters. The minimum absolute atomic E-state index is 0.179. The highest BCUT2D eigenvalue weighted by atomic mass is 32.1. The molecule has 0 bridgehead atoms. The Labute approximate surface area is 145 Å². The third-order valence-electron chi connectivity index (χ3n) is 4.47. The molecule has 0 saturated carbocycles. The van der Waals surface area contributed by atoms with E-state index in [4.69, 9.17) is 4.98 Å². The lowest BCUT2D eigenvalue weighted by Gasteiger charge is -2.31. The fraction of sp³-hybridized carbons (Fsp3) is 0.500. The van der Waals surface area contributed by atoms with E-state index in [0.717, 1.165) is 29.2 Å². The monoisotopic (exact) mass is 345 g/mol. The Hall–Kier alpha value is -1.95. The second-order valence-corrected chi connectivity index (χ2v) is 7.63. The van der Waals surface area contributed by atoms with Crippen LogP contribution in [0.5, 0.6) is 0 Å².